The number of aromatic nitrogens is 2. The van der Waals surface area contributed by atoms with E-state index in [0.29, 0.717) is 5.15 Å². The van der Waals surface area contributed by atoms with E-state index in [9.17, 15) is 0 Å². The third-order valence-corrected chi connectivity index (χ3v) is 2.29. The highest BCUT2D eigenvalue weighted by Gasteiger charge is 2.02. The Morgan fingerprint density at radius 1 is 1.42 bits per heavy atom. The summed E-state index contributed by atoms with van der Waals surface area (Å²) in [5.41, 5.74) is 2.15. The Morgan fingerprint density at radius 3 is 2.92 bits per heavy atom. The molecule has 2 aromatic rings. The largest absolute Gasteiger partial charge is 0.221 e. The third kappa shape index (κ3) is 1.23. The quantitative estimate of drug-likeness (QED) is 0.652. The van der Waals surface area contributed by atoms with Crippen LogP contribution in [-0.4, -0.2) is 9.61 Å². The Labute approximate surface area is 83.3 Å². The van der Waals surface area contributed by atoms with Gasteiger partial charge in [0.1, 0.15) is 9.76 Å². The predicted molar refractivity (Wildman–Crippen MR) is 52.6 cm³/mol. The van der Waals surface area contributed by atoms with Crippen LogP contribution in [0.3, 0.4) is 0 Å². The Hall–Kier alpha value is -0.540. The fraction of sp³-hybridized carbons (Fsp3) is 0.125. The summed E-state index contributed by atoms with van der Waals surface area (Å²) in [5.74, 6) is 0. The molecule has 0 atom stereocenters. The van der Waals surface area contributed by atoms with E-state index in [4.69, 9.17) is 11.6 Å². The molecule has 4 heteroatoms. The van der Waals surface area contributed by atoms with E-state index in [-0.39, 0.29) is 0 Å². The SMILES string of the molecule is Cc1cc(Cl)n2nc(Br)cc2c1. The molecule has 0 aliphatic rings. The summed E-state index contributed by atoms with van der Waals surface area (Å²) in [6.07, 6.45) is 0. The maximum absolute atomic E-state index is 5.96. The van der Waals surface area contributed by atoms with E-state index in [2.05, 4.69) is 21.0 Å². The van der Waals surface area contributed by atoms with Crippen LogP contribution in [0.1, 0.15) is 5.56 Å². The summed E-state index contributed by atoms with van der Waals surface area (Å²) in [6, 6.07) is 5.84. The average molecular weight is 246 g/mol. The number of nitrogens with zero attached hydrogens (tertiary/aromatic N) is 2. The zero-order valence-electron chi connectivity index (χ0n) is 6.38. The van der Waals surface area contributed by atoms with Crippen LogP contribution in [0.2, 0.25) is 5.15 Å². The zero-order chi connectivity index (χ0) is 8.72. The first-order chi connectivity index (χ1) is 5.66. The van der Waals surface area contributed by atoms with Crippen LogP contribution in [0, 0.1) is 6.92 Å². The lowest BCUT2D eigenvalue weighted by molar-refractivity contribution is 0.945. The van der Waals surface area contributed by atoms with Gasteiger partial charge in [-0.15, -0.1) is 0 Å². The molecule has 0 aromatic carbocycles. The first-order valence-corrected chi connectivity index (χ1v) is 4.65. The van der Waals surface area contributed by atoms with Gasteiger partial charge in [0.25, 0.3) is 0 Å². The number of halogens is 2. The smallest absolute Gasteiger partial charge is 0.131 e. The van der Waals surface area contributed by atoms with Crippen molar-refractivity contribution in [2.24, 2.45) is 0 Å². The lowest BCUT2D eigenvalue weighted by Crippen LogP contribution is -1.89. The van der Waals surface area contributed by atoms with Crippen molar-refractivity contribution >= 4 is 33.0 Å². The Morgan fingerprint density at radius 2 is 2.17 bits per heavy atom. The second-order valence-corrected chi connectivity index (χ2v) is 3.86. The van der Waals surface area contributed by atoms with Gasteiger partial charge in [0.2, 0.25) is 0 Å². The average Bonchev–Trinajstić information content (AvgIpc) is 2.29. The van der Waals surface area contributed by atoms with E-state index >= 15 is 0 Å². The van der Waals surface area contributed by atoms with Gasteiger partial charge in [-0.05, 0) is 46.6 Å². The molecule has 2 nitrogen and oxygen atoms in total. The molecule has 0 saturated heterocycles. The highest BCUT2D eigenvalue weighted by atomic mass is 79.9. The third-order valence-electron chi connectivity index (χ3n) is 1.63. The van der Waals surface area contributed by atoms with Crippen LogP contribution < -0.4 is 0 Å². The minimum Gasteiger partial charge on any atom is -0.221 e. The Balaban J connectivity index is 2.88. The molecule has 0 aliphatic heterocycles. The summed E-state index contributed by atoms with van der Waals surface area (Å²) < 4.78 is 2.49. The molecule has 0 bridgehead atoms. The molecule has 0 fully saturated rings. The van der Waals surface area contributed by atoms with Crippen LogP contribution in [0.15, 0.2) is 22.8 Å². The number of fused-ring (bicyclic) bond motifs is 1. The van der Waals surface area contributed by atoms with Crippen molar-refractivity contribution in [1.29, 1.82) is 0 Å². The number of hydrogen-bond donors (Lipinski definition) is 0. The lowest BCUT2D eigenvalue weighted by Gasteiger charge is -1.97. The standard InChI is InChI=1S/C8H6BrClN2/c1-5-2-6-4-7(9)11-12(6)8(10)3-5/h2-4H,1H3. The Kier molecular flexibility index (Phi) is 1.85. The molecule has 0 spiro atoms. The van der Waals surface area contributed by atoms with Crippen molar-refractivity contribution < 1.29 is 0 Å². The van der Waals surface area contributed by atoms with E-state index < -0.39 is 0 Å². The van der Waals surface area contributed by atoms with E-state index in [1.165, 1.54) is 0 Å². The van der Waals surface area contributed by atoms with Crippen molar-refractivity contribution in [1.82, 2.24) is 9.61 Å². The van der Waals surface area contributed by atoms with Crippen LogP contribution in [-0.2, 0) is 0 Å². The normalized spacial score (nSPS) is 10.9. The van der Waals surface area contributed by atoms with Crippen molar-refractivity contribution in [3.05, 3.63) is 33.5 Å². The number of aryl methyl sites for hydroxylation is 1. The zero-order valence-corrected chi connectivity index (χ0v) is 8.72. The van der Waals surface area contributed by atoms with Gasteiger partial charge >= 0.3 is 0 Å². The summed E-state index contributed by atoms with van der Waals surface area (Å²) in [6.45, 7) is 2.01. The molecule has 0 aliphatic carbocycles. The van der Waals surface area contributed by atoms with Gasteiger partial charge in [-0.3, -0.25) is 0 Å². The highest BCUT2D eigenvalue weighted by molar-refractivity contribution is 9.10. The minimum absolute atomic E-state index is 0.635. The van der Waals surface area contributed by atoms with Crippen LogP contribution in [0.25, 0.3) is 5.52 Å². The molecule has 0 amide bonds. The number of rotatable bonds is 0. The van der Waals surface area contributed by atoms with Gasteiger partial charge in [0.05, 0.1) is 5.52 Å². The van der Waals surface area contributed by atoms with E-state index in [0.717, 1.165) is 15.7 Å². The van der Waals surface area contributed by atoms with E-state index in [1.807, 2.05) is 25.1 Å². The lowest BCUT2D eigenvalue weighted by atomic mass is 10.3. The van der Waals surface area contributed by atoms with Crippen molar-refractivity contribution in [2.45, 2.75) is 6.92 Å². The minimum atomic E-state index is 0.635. The summed E-state index contributed by atoms with van der Waals surface area (Å²) in [5, 5.41) is 4.79. The van der Waals surface area contributed by atoms with Crippen LogP contribution in [0.5, 0.6) is 0 Å². The van der Waals surface area contributed by atoms with Crippen molar-refractivity contribution in [3.63, 3.8) is 0 Å². The topological polar surface area (TPSA) is 17.3 Å². The summed E-state index contributed by atoms with van der Waals surface area (Å²) in [7, 11) is 0. The number of hydrogen-bond acceptors (Lipinski definition) is 1. The second-order valence-electron chi connectivity index (χ2n) is 2.66. The molecule has 2 heterocycles. The monoisotopic (exact) mass is 244 g/mol. The molecule has 62 valence electrons. The molecule has 0 N–H and O–H groups in total. The first kappa shape index (κ1) is 8.08. The molecular formula is C8H6BrClN2. The molecule has 0 saturated carbocycles. The molecule has 2 aromatic heterocycles. The van der Waals surface area contributed by atoms with E-state index in [1.54, 1.807) is 4.52 Å². The van der Waals surface area contributed by atoms with Crippen LogP contribution in [0.4, 0.5) is 0 Å². The second kappa shape index (κ2) is 2.75. The van der Waals surface area contributed by atoms with Gasteiger partial charge in [0, 0.05) is 0 Å². The first-order valence-electron chi connectivity index (χ1n) is 3.48. The summed E-state index contributed by atoms with van der Waals surface area (Å²) in [4.78, 5) is 0. The van der Waals surface area contributed by atoms with Gasteiger partial charge in [-0.1, -0.05) is 11.6 Å². The van der Waals surface area contributed by atoms with Gasteiger partial charge in [0.15, 0.2) is 0 Å². The molecule has 0 radical (unpaired) electrons. The molecule has 0 unspecified atom stereocenters. The highest BCUT2D eigenvalue weighted by Crippen LogP contribution is 2.18. The van der Waals surface area contributed by atoms with Crippen LogP contribution >= 0.6 is 27.5 Å². The number of pyridine rings is 1. The summed E-state index contributed by atoms with van der Waals surface area (Å²) >= 11 is 9.25. The van der Waals surface area contributed by atoms with Gasteiger partial charge in [-0.2, -0.15) is 5.10 Å². The Bertz CT molecular complexity index is 436. The maximum Gasteiger partial charge on any atom is 0.131 e. The van der Waals surface area contributed by atoms with Crippen molar-refractivity contribution in [3.8, 4) is 0 Å². The molecular weight excluding hydrogens is 239 g/mol. The predicted octanol–water partition coefficient (Wildman–Crippen LogP) is 3.06. The fourth-order valence-electron chi connectivity index (χ4n) is 1.16. The maximum atomic E-state index is 5.96. The fourth-order valence-corrected chi connectivity index (χ4v) is 1.86. The van der Waals surface area contributed by atoms with Crippen molar-refractivity contribution in [2.75, 3.05) is 0 Å². The van der Waals surface area contributed by atoms with Gasteiger partial charge in [-0.25, -0.2) is 4.52 Å². The molecule has 2 rings (SSSR count). The molecule has 12 heavy (non-hydrogen) atoms. The van der Waals surface area contributed by atoms with Gasteiger partial charge < -0.3 is 0 Å².